The lowest BCUT2D eigenvalue weighted by Crippen LogP contribution is -2.55. The number of carbonyl (C=O) groups is 1. The number of hydrogen-bond acceptors (Lipinski definition) is 7. The summed E-state index contributed by atoms with van der Waals surface area (Å²) in [5, 5.41) is 41.8. The summed E-state index contributed by atoms with van der Waals surface area (Å²) in [6.07, 6.45) is -6.03. The van der Waals surface area contributed by atoms with E-state index in [9.17, 15) is 25.2 Å². The van der Waals surface area contributed by atoms with E-state index in [1.54, 1.807) is 55.6 Å². The molecule has 8 heteroatoms. The average Bonchev–Trinajstić information content (AvgIpc) is 2.72. The van der Waals surface area contributed by atoms with Gasteiger partial charge < -0.3 is 35.2 Å². The van der Waals surface area contributed by atoms with Crippen molar-refractivity contribution in [1.82, 2.24) is 5.32 Å². The minimum Gasteiger partial charge on any atom is -0.457 e. The second kappa shape index (κ2) is 8.68. The summed E-state index contributed by atoms with van der Waals surface area (Å²) in [5.41, 5.74) is 1.03. The number of rotatable bonds is 5. The van der Waals surface area contributed by atoms with Crippen molar-refractivity contribution in [3.05, 3.63) is 59.7 Å². The van der Waals surface area contributed by atoms with Crippen molar-refractivity contribution in [1.29, 1.82) is 0 Å². The fourth-order valence-corrected chi connectivity index (χ4v) is 3.08. The van der Waals surface area contributed by atoms with E-state index in [0.29, 0.717) is 22.6 Å². The standard InChI is InChI=1S/C20H23NO7/c1-21-20(26)12-3-2-4-14(9-12)27-13-7-5-11(6-8-13)19-18(25)17(24)16(23)15(10-22)28-19/h2-9,15-19,22-25H,10H2,1H3,(H,21,26)/t15?,16-,17?,18?,19-/m1/s1. The van der Waals surface area contributed by atoms with Gasteiger partial charge in [-0.3, -0.25) is 4.79 Å². The van der Waals surface area contributed by atoms with E-state index in [4.69, 9.17) is 9.47 Å². The first kappa shape index (κ1) is 20.2. The molecular weight excluding hydrogens is 366 g/mol. The van der Waals surface area contributed by atoms with Gasteiger partial charge in [0.1, 0.15) is 42.0 Å². The molecule has 3 unspecified atom stereocenters. The lowest BCUT2D eigenvalue weighted by Gasteiger charge is -2.40. The summed E-state index contributed by atoms with van der Waals surface area (Å²) in [5.74, 6) is 0.771. The molecule has 0 saturated carbocycles. The third-order valence-corrected chi connectivity index (χ3v) is 4.66. The zero-order valence-electron chi connectivity index (χ0n) is 15.2. The number of carbonyl (C=O) groups excluding carboxylic acids is 1. The molecule has 5 N–H and O–H groups in total. The van der Waals surface area contributed by atoms with Crippen LogP contribution in [-0.2, 0) is 4.74 Å². The average molecular weight is 389 g/mol. The predicted octanol–water partition coefficient (Wildman–Crippen LogP) is 0.353. The molecule has 28 heavy (non-hydrogen) atoms. The zero-order chi connectivity index (χ0) is 20.3. The van der Waals surface area contributed by atoms with Crippen molar-refractivity contribution in [2.75, 3.05) is 13.7 Å². The molecule has 1 aliphatic heterocycles. The Hall–Kier alpha value is -2.49. The molecule has 8 nitrogen and oxygen atoms in total. The van der Waals surface area contributed by atoms with Gasteiger partial charge in [-0.1, -0.05) is 18.2 Å². The Morgan fingerprint density at radius 2 is 1.75 bits per heavy atom. The summed E-state index contributed by atoms with van der Waals surface area (Å²) < 4.78 is 11.3. The maximum absolute atomic E-state index is 11.7. The van der Waals surface area contributed by atoms with Crippen molar-refractivity contribution in [2.45, 2.75) is 30.5 Å². The van der Waals surface area contributed by atoms with E-state index in [1.165, 1.54) is 0 Å². The van der Waals surface area contributed by atoms with Crippen LogP contribution in [0.15, 0.2) is 48.5 Å². The molecular formula is C20H23NO7. The molecule has 1 fully saturated rings. The minimum absolute atomic E-state index is 0.219. The van der Waals surface area contributed by atoms with Crippen LogP contribution in [0.25, 0.3) is 0 Å². The van der Waals surface area contributed by atoms with Crippen LogP contribution >= 0.6 is 0 Å². The molecule has 2 aromatic carbocycles. The van der Waals surface area contributed by atoms with E-state index in [-0.39, 0.29) is 5.91 Å². The first-order valence-electron chi connectivity index (χ1n) is 8.85. The minimum atomic E-state index is -1.43. The Labute approximate surface area is 162 Å². The van der Waals surface area contributed by atoms with E-state index < -0.39 is 37.1 Å². The summed E-state index contributed by atoms with van der Waals surface area (Å²) in [7, 11) is 1.55. The highest BCUT2D eigenvalue weighted by Gasteiger charge is 2.43. The number of hydrogen-bond donors (Lipinski definition) is 5. The Kier molecular flexibility index (Phi) is 6.28. The van der Waals surface area contributed by atoms with Crippen LogP contribution in [0.3, 0.4) is 0 Å². The van der Waals surface area contributed by atoms with Crippen molar-refractivity contribution in [3.8, 4) is 11.5 Å². The van der Waals surface area contributed by atoms with Crippen LogP contribution in [-0.4, -0.2) is 64.4 Å². The van der Waals surface area contributed by atoms with Gasteiger partial charge in [0.15, 0.2) is 0 Å². The van der Waals surface area contributed by atoms with Gasteiger partial charge in [-0.2, -0.15) is 0 Å². The third-order valence-electron chi connectivity index (χ3n) is 4.66. The lowest BCUT2D eigenvalue weighted by molar-refractivity contribution is -0.231. The van der Waals surface area contributed by atoms with Gasteiger partial charge in [0, 0.05) is 12.6 Å². The third kappa shape index (κ3) is 4.16. The van der Waals surface area contributed by atoms with E-state index >= 15 is 0 Å². The number of ether oxygens (including phenoxy) is 2. The first-order chi connectivity index (χ1) is 13.4. The Morgan fingerprint density at radius 3 is 2.39 bits per heavy atom. The molecule has 0 radical (unpaired) electrons. The van der Waals surface area contributed by atoms with Crippen LogP contribution in [0, 0.1) is 0 Å². The van der Waals surface area contributed by atoms with E-state index in [1.807, 2.05) is 0 Å². The molecule has 1 saturated heterocycles. The first-order valence-corrected chi connectivity index (χ1v) is 8.85. The van der Waals surface area contributed by atoms with Crippen LogP contribution in [0.5, 0.6) is 11.5 Å². The predicted molar refractivity (Wildman–Crippen MR) is 99.1 cm³/mol. The van der Waals surface area contributed by atoms with Crippen molar-refractivity contribution in [3.63, 3.8) is 0 Å². The van der Waals surface area contributed by atoms with Gasteiger partial charge in [0.05, 0.1) is 6.61 Å². The number of nitrogens with one attached hydrogen (secondary N) is 1. The van der Waals surface area contributed by atoms with Crippen LogP contribution in [0.2, 0.25) is 0 Å². The summed E-state index contributed by atoms with van der Waals surface area (Å²) in [6.45, 7) is -0.482. The number of amides is 1. The SMILES string of the molecule is CNC(=O)c1cccc(Oc2ccc([C@H]3OC(CO)[C@@H](O)C(O)C3O)cc2)c1. The van der Waals surface area contributed by atoms with Crippen molar-refractivity contribution < 1.29 is 34.7 Å². The Balaban J connectivity index is 1.74. The molecule has 3 rings (SSSR count). The molecule has 1 aliphatic rings. The molecule has 0 spiro atoms. The van der Waals surface area contributed by atoms with Gasteiger partial charge in [0.2, 0.25) is 0 Å². The normalized spacial score (nSPS) is 27.2. The van der Waals surface area contributed by atoms with Gasteiger partial charge in [0.25, 0.3) is 5.91 Å². The zero-order valence-corrected chi connectivity index (χ0v) is 15.2. The number of benzene rings is 2. The highest BCUT2D eigenvalue weighted by atomic mass is 16.5. The summed E-state index contributed by atoms with van der Waals surface area (Å²) in [6, 6.07) is 13.3. The van der Waals surface area contributed by atoms with Gasteiger partial charge in [-0.25, -0.2) is 0 Å². The van der Waals surface area contributed by atoms with Gasteiger partial charge in [-0.15, -0.1) is 0 Å². The van der Waals surface area contributed by atoms with Crippen LogP contribution < -0.4 is 10.1 Å². The highest BCUT2D eigenvalue weighted by Crippen LogP contribution is 2.33. The highest BCUT2D eigenvalue weighted by molar-refractivity contribution is 5.94. The summed E-state index contributed by atoms with van der Waals surface area (Å²) >= 11 is 0. The Bertz CT molecular complexity index is 808. The molecule has 1 amide bonds. The maximum Gasteiger partial charge on any atom is 0.251 e. The second-order valence-corrected chi connectivity index (χ2v) is 6.53. The van der Waals surface area contributed by atoms with E-state index in [2.05, 4.69) is 5.32 Å². The smallest absolute Gasteiger partial charge is 0.251 e. The van der Waals surface area contributed by atoms with Crippen molar-refractivity contribution >= 4 is 5.91 Å². The molecule has 0 aliphatic carbocycles. The van der Waals surface area contributed by atoms with Gasteiger partial charge in [-0.05, 0) is 35.9 Å². The number of aliphatic hydroxyl groups is 4. The fourth-order valence-electron chi connectivity index (χ4n) is 3.08. The molecule has 0 aromatic heterocycles. The topological polar surface area (TPSA) is 128 Å². The van der Waals surface area contributed by atoms with Crippen LogP contribution in [0.1, 0.15) is 22.0 Å². The lowest BCUT2D eigenvalue weighted by atomic mass is 9.91. The molecule has 150 valence electrons. The summed E-state index contributed by atoms with van der Waals surface area (Å²) in [4.78, 5) is 11.7. The fraction of sp³-hybridized carbons (Fsp3) is 0.350. The molecule has 5 atom stereocenters. The maximum atomic E-state index is 11.7. The molecule has 1 heterocycles. The number of aliphatic hydroxyl groups excluding tert-OH is 4. The largest absolute Gasteiger partial charge is 0.457 e. The van der Waals surface area contributed by atoms with Crippen molar-refractivity contribution in [2.24, 2.45) is 0 Å². The molecule has 0 bridgehead atoms. The quantitative estimate of drug-likeness (QED) is 0.499. The monoisotopic (exact) mass is 389 g/mol. The van der Waals surface area contributed by atoms with E-state index in [0.717, 1.165) is 0 Å². The van der Waals surface area contributed by atoms with Gasteiger partial charge >= 0.3 is 0 Å². The molecule has 2 aromatic rings. The second-order valence-electron chi connectivity index (χ2n) is 6.53. The Morgan fingerprint density at radius 1 is 1.04 bits per heavy atom. The van der Waals surface area contributed by atoms with Crippen LogP contribution in [0.4, 0.5) is 0 Å².